The van der Waals surface area contributed by atoms with Crippen LogP contribution in [0.15, 0.2) is 60.8 Å². The lowest BCUT2D eigenvalue weighted by atomic mass is 10.0. The van der Waals surface area contributed by atoms with E-state index in [9.17, 15) is 13.2 Å². The molecule has 0 aliphatic heterocycles. The number of halogens is 3. The molecule has 0 aliphatic rings. The van der Waals surface area contributed by atoms with Gasteiger partial charge in [0, 0.05) is 17.8 Å². The lowest BCUT2D eigenvalue weighted by molar-refractivity contribution is 0.497. The van der Waals surface area contributed by atoms with Crippen LogP contribution in [0.25, 0.3) is 22.4 Å². The van der Waals surface area contributed by atoms with Crippen molar-refractivity contribution in [3.63, 3.8) is 0 Å². The van der Waals surface area contributed by atoms with Gasteiger partial charge in [0.1, 0.15) is 5.82 Å². The summed E-state index contributed by atoms with van der Waals surface area (Å²) in [6, 6.07) is 14.2. The maximum Gasteiger partial charge on any atom is 0.168 e. The van der Waals surface area contributed by atoms with Crippen molar-refractivity contribution in [3.8, 4) is 22.4 Å². The quantitative estimate of drug-likeness (QED) is 0.614. The number of aromatic nitrogens is 1. The Kier molecular flexibility index (Phi) is 3.44. The Labute approximate surface area is 119 Å². The van der Waals surface area contributed by atoms with Gasteiger partial charge in [-0.2, -0.15) is 0 Å². The minimum Gasteiger partial charge on any atom is -0.256 e. The minimum atomic E-state index is -1.23. The van der Waals surface area contributed by atoms with E-state index < -0.39 is 17.5 Å². The van der Waals surface area contributed by atoms with Gasteiger partial charge in [-0.3, -0.25) is 4.98 Å². The van der Waals surface area contributed by atoms with Crippen molar-refractivity contribution < 1.29 is 13.2 Å². The molecule has 3 rings (SSSR count). The van der Waals surface area contributed by atoms with Gasteiger partial charge in [0.05, 0.1) is 5.69 Å². The molecule has 0 radical (unpaired) electrons. The highest BCUT2D eigenvalue weighted by Gasteiger charge is 2.14. The number of benzene rings is 2. The molecule has 0 amide bonds. The standard InChI is InChI=1S/C17H10F3N/c18-13-9-14(17(20)15(19)10-13)16-8-12(6-7-21-16)11-4-2-1-3-5-11/h1-10H. The van der Waals surface area contributed by atoms with Crippen molar-refractivity contribution in [2.24, 2.45) is 0 Å². The van der Waals surface area contributed by atoms with E-state index in [1.165, 1.54) is 6.20 Å². The van der Waals surface area contributed by atoms with Crippen LogP contribution in [0.3, 0.4) is 0 Å². The third-order valence-electron chi connectivity index (χ3n) is 3.14. The van der Waals surface area contributed by atoms with Crippen LogP contribution in [-0.2, 0) is 0 Å². The van der Waals surface area contributed by atoms with Gasteiger partial charge in [0.15, 0.2) is 11.6 Å². The molecule has 21 heavy (non-hydrogen) atoms. The molecule has 0 saturated carbocycles. The van der Waals surface area contributed by atoms with Crippen molar-refractivity contribution in [2.45, 2.75) is 0 Å². The fourth-order valence-corrected chi connectivity index (χ4v) is 2.13. The maximum atomic E-state index is 13.8. The summed E-state index contributed by atoms with van der Waals surface area (Å²) >= 11 is 0. The molecule has 0 fully saturated rings. The van der Waals surface area contributed by atoms with E-state index in [-0.39, 0.29) is 11.3 Å². The first-order valence-corrected chi connectivity index (χ1v) is 6.31. The van der Waals surface area contributed by atoms with E-state index in [1.807, 2.05) is 30.3 Å². The fraction of sp³-hybridized carbons (Fsp3) is 0. The SMILES string of the molecule is Fc1cc(F)c(F)c(-c2cc(-c3ccccc3)ccn2)c1. The van der Waals surface area contributed by atoms with E-state index >= 15 is 0 Å². The molecule has 104 valence electrons. The van der Waals surface area contributed by atoms with Crippen LogP contribution in [-0.4, -0.2) is 4.98 Å². The smallest absolute Gasteiger partial charge is 0.168 e. The summed E-state index contributed by atoms with van der Waals surface area (Å²) in [6.45, 7) is 0. The molecule has 4 heteroatoms. The topological polar surface area (TPSA) is 12.9 Å². The zero-order chi connectivity index (χ0) is 14.8. The van der Waals surface area contributed by atoms with Crippen molar-refractivity contribution in [2.75, 3.05) is 0 Å². The lowest BCUT2D eigenvalue weighted by Gasteiger charge is -2.07. The van der Waals surface area contributed by atoms with E-state index in [0.29, 0.717) is 6.07 Å². The second-order valence-electron chi connectivity index (χ2n) is 4.54. The molecule has 3 aromatic rings. The van der Waals surface area contributed by atoms with Crippen LogP contribution < -0.4 is 0 Å². The molecule has 1 aromatic heterocycles. The molecule has 0 spiro atoms. The monoisotopic (exact) mass is 285 g/mol. The number of pyridine rings is 1. The molecule has 1 heterocycles. The highest BCUT2D eigenvalue weighted by atomic mass is 19.2. The minimum absolute atomic E-state index is 0.187. The molecule has 0 saturated heterocycles. The molecule has 0 aliphatic carbocycles. The van der Waals surface area contributed by atoms with Gasteiger partial charge in [-0.1, -0.05) is 30.3 Å². The zero-order valence-electron chi connectivity index (χ0n) is 10.9. The van der Waals surface area contributed by atoms with E-state index in [1.54, 1.807) is 12.1 Å². The highest BCUT2D eigenvalue weighted by molar-refractivity contribution is 5.70. The molecule has 0 bridgehead atoms. The predicted molar refractivity (Wildman–Crippen MR) is 75.0 cm³/mol. The van der Waals surface area contributed by atoms with Crippen LogP contribution in [0.2, 0.25) is 0 Å². The van der Waals surface area contributed by atoms with Gasteiger partial charge in [0.2, 0.25) is 0 Å². The second kappa shape index (κ2) is 5.40. The van der Waals surface area contributed by atoms with Crippen molar-refractivity contribution in [1.82, 2.24) is 4.98 Å². The Morgan fingerprint density at radius 3 is 2.29 bits per heavy atom. The third kappa shape index (κ3) is 2.65. The Balaban J connectivity index is 2.13. The first kappa shape index (κ1) is 13.4. The number of nitrogens with zero attached hydrogens (tertiary/aromatic N) is 1. The van der Waals surface area contributed by atoms with E-state index in [4.69, 9.17) is 0 Å². The fourth-order valence-electron chi connectivity index (χ4n) is 2.13. The van der Waals surface area contributed by atoms with Crippen LogP contribution in [0.5, 0.6) is 0 Å². The Bertz CT molecular complexity index is 785. The van der Waals surface area contributed by atoms with Gasteiger partial charge in [0.25, 0.3) is 0 Å². The van der Waals surface area contributed by atoms with Gasteiger partial charge in [-0.15, -0.1) is 0 Å². The molecule has 0 unspecified atom stereocenters. The van der Waals surface area contributed by atoms with Crippen molar-refractivity contribution in [3.05, 3.63) is 78.2 Å². The summed E-state index contributed by atoms with van der Waals surface area (Å²) in [5.74, 6) is -3.16. The van der Waals surface area contributed by atoms with Gasteiger partial charge in [-0.05, 0) is 29.3 Å². The molecular formula is C17H10F3N. The zero-order valence-corrected chi connectivity index (χ0v) is 10.9. The molecule has 0 N–H and O–H groups in total. The Morgan fingerprint density at radius 1 is 0.762 bits per heavy atom. The number of hydrogen-bond donors (Lipinski definition) is 0. The van der Waals surface area contributed by atoms with Crippen molar-refractivity contribution in [1.29, 1.82) is 0 Å². The van der Waals surface area contributed by atoms with Gasteiger partial charge >= 0.3 is 0 Å². The first-order chi connectivity index (χ1) is 10.1. The lowest BCUT2D eigenvalue weighted by Crippen LogP contribution is -1.94. The van der Waals surface area contributed by atoms with Crippen LogP contribution in [0.4, 0.5) is 13.2 Å². The molecule has 0 atom stereocenters. The Morgan fingerprint density at radius 2 is 1.52 bits per heavy atom. The highest BCUT2D eigenvalue weighted by Crippen LogP contribution is 2.27. The second-order valence-corrected chi connectivity index (χ2v) is 4.54. The summed E-state index contributed by atoms with van der Waals surface area (Å²) in [7, 11) is 0. The van der Waals surface area contributed by atoms with Gasteiger partial charge in [-0.25, -0.2) is 13.2 Å². The van der Waals surface area contributed by atoms with E-state index in [0.717, 1.165) is 17.2 Å². The molecule has 1 nitrogen and oxygen atoms in total. The predicted octanol–water partition coefficient (Wildman–Crippen LogP) is 4.83. The summed E-state index contributed by atoms with van der Waals surface area (Å²) in [5, 5.41) is 0. The molecular weight excluding hydrogens is 275 g/mol. The summed E-state index contributed by atoms with van der Waals surface area (Å²) in [6.07, 6.45) is 1.49. The molecule has 2 aromatic carbocycles. The number of hydrogen-bond acceptors (Lipinski definition) is 1. The van der Waals surface area contributed by atoms with Gasteiger partial charge < -0.3 is 0 Å². The Hall–Kier alpha value is -2.62. The largest absolute Gasteiger partial charge is 0.256 e. The average Bonchev–Trinajstić information content (AvgIpc) is 2.52. The number of rotatable bonds is 2. The normalized spacial score (nSPS) is 10.6. The first-order valence-electron chi connectivity index (χ1n) is 6.31. The van der Waals surface area contributed by atoms with Crippen molar-refractivity contribution >= 4 is 0 Å². The maximum absolute atomic E-state index is 13.8. The average molecular weight is 285 g/mol. The van der Waals surface area contributed by atoms with E-state index in [2.05, 4.69) is 4.98 Å². The van der Waals surface area contributed by atoms with Crippen LogP contribution >= 0.6 is 0 Å². The van der Waals surface area contributed by atoms with Crippen LogP contribution in [0, 0.1) is 17.5 Å². The summed E-state index contributed by atoms with van der Waals surface area (Å²) in [5.41, 5.74) is 1.71. The summed E-state index contributed by atoms with van der Waals surface area (Å²) < 4.78 is 40.4. The third-order valence-corrected chi connectivity index (χ3v) is 3.14. The summed E-state index contributed by atoms with van der Waals surface area (Å²) in [4.78, 5) is 4.00. The van der Waals surface area contributed by atoms with Crippen LogP contribution in [0.1, 0.15) is 0 Å².